The van der Waals surface area contributed by atoms with Gasteiger partial charge in [-0.3, -0.25) is 4.98 Å². The first-order chi connectivity index (χ1) is 13.6. The molecule has 28 heavy (non-hydrogen) atoms. The van der Waals surface area contributed by atoms with E-state index in [1.54, 1.807) is 18.0 Å². The third kappa shape index (κ3) is 3.32. The first-order valence-electron chi connectivity index (χ1n) is 8.86. The fourth-order valence-corrected chi connectivity index (χ4v) is 3.03. The molecule has 0 unspecified atom stereocenters. The first kappa shape index (κ1) is 17.7. The second kappa shape index (κ2) is 7.15. The number of anilines is 3. The Bertz CT molecular complexity index is 1150. The van der Waals surface area contributed by atoms with Gasteiger partial charge in [0, 0.05) is 48.5 Å². The van der Waals surface area contributed by atoms with Crippen LogP contribution in [0.3, 0.4) is 0 Å². The minimum Gasteiger partial charge on any atom is -0.494 e. The lowest BCUT2D eigenvalue weighted by atomic mass is 10.2. The van der Waals surface area contributed by atoms with E-state index >= 15 is 0 Å². The molecule has 8 heteroatoms. The molecule has 2 N–H and O–H groups in total. The van der Waals surface area contributed by atoms with Crippen LogP contribution in [0.25, 0.3) is 16.6 Å². The number of aryl methyl sites for hydroxylation is 2. The highest BCUT2D eigenvalue weighted by Gasteiger charge is 2.12. The molecule has 0 radical (unpaired) electrons. The molecular formula is C20H21N7O. The van der Waals surface area contributed by atoms with Gasteiger partial charge in [-0.1, -0.05) is 0 Å². The van der Waals surface area contributed by atoms with Crippen LogP contribution in [-0.2, 0) is 0 Å². The molecule has 0 aliphatic carbocycles. The zero-order chi connectivity index (χ0) is 19.7. The Morgan fingerprint density at radius 2 is 1.93 bits per heavy atom. The number of benzene rings is 1. The molecule has 4 aromatic rings. The van der Waals surface area contributed by atoms with Gasteiger partial charge in [0.2, 0.25) is 5.95 Å². The standard InChI is InChI=1S/C20H21N7O/c1-12-9-22-10-14-11-27(26-19(12)14)16-8-15(5-6-17(16)28-4)24-20-23-13(2)7-18(21-3)25-20/h5-11H,1-4H3,(H2,21,23,24,25). The highest BCUT2D eigenvalue weighted by Crippen LogP contribution is 2.29. The van der Waals surface area contributed by atoms with Crippen LogP contribution in [0, 0.1) is 13.8 Å². The van der Waals surface area contributed by atoms with Crippen molar-refractivity contribution in [3.63, 3.8) is 0 Å². The predicted octanol–water partition coefficient (Wildman–Crippen LogP) is 3.62. The molecule has 142 valence electrons. The van der Waals surface area contributed by atoms with Crippen LogP contribution in [0.2, 0.25) is 0 Å². The number of fused-ring (bicyclic) bond motifs is 1. The van der Waals surface area contributed by atoms with Gasteiger partial charge in [0.1, 0.15) is 17.3 Å². The van der Waals surface area contributed by atoms with Gasteiger partial charge in [0.15, 0.2) is 0 Å². The Morgan fingerprint density at radius 3 is 2.68 bits per heavy atom. The Kier molecular flexibility index (Phi) is 4.52. The van der Waals surface area contributed by atoms with E-state index in [-0.39, 0.29) is 0 Å². The number of hydrogen-bond donors (Lipinski definition) is 2. The molecule has 0 aliphatic rings. The zero-order valence-electron chi connectivity index (χ0n) is 16.2. The van der Waals surface area contributed by atoms with Crippen molar-refractivity contribution in [2.24, 2.45) is 0 Å². The smallest absolute Gasteiger partial charge is 0.229 e. The maximum absolute atomic E-state index is 5.54. The molecule has 0 amide bonds. The molecule has 0 spiro atoms. The summed E-state index contributed by atoms with van der Waals surface area (Å²) in [6, 6.07) is 7.65. The Balaban J connectivity index is 1.75. The molecule has 3 heterocycles. The van der Waals surface area contributed by atoms with Crippen LogP contribution in [0.5, 0.6) is 5.75 Å². The zero-order valence-corrected chi connectivity index (χ0v) is 16.2. The minimum atomic E-state index is 0.520. The number of nitrogens with one attached hydrogen (secondary N) is 2. The summed E-state index contributed by atoms with van der Waals surface area (Å²) in [6.45, 7) is 3.93. The third-order valence-corrected chi connectivity index (χ3v) is 4.39. The van der Waals surface area contributed by atoms with Gasteiger partial charge in [-0.25, -0.2) is 9.67 Å². The molecule has 0 saturated heterocycles. The van der Waals surface area contributed by atoms with Gasteiger partial charge < -0.3 is 15.4 Å². The third-order valence-electron chi connectivity index (χ3n) is 4.39. The lowest BCUT2D eigenvalue weighted by Crippen LogP contribution is -2.04. The minimum absolute atomic E-state index is 0.520. The maximum atomic E-state index is 5.54. The number of nitrogens with zero attached hydrogens (tertiary/aromatic N) is 5. The van der Waals surface area contributed by atoms with E-state index in [0.717, 1.165) is 39.4 Å². The number of ether oxygens (including phenoxy) is 1. The molecule has 0 atom stereocenters. The number of rotatable bonds is 5. The molecule has 0 saturated carbocycles. The highest BCUT2D eigenvalue weighted by molar-refractivity contribution is 5.80. The fraction of sp³-hybridized carbons (Fsp3) is 0.200. The first-order valence-corrected chi connectivity index (χ1v) is 8.86. The maximum Gasteiger partial charge on any atom is 0.229 e. The summed E-state index contributed by atoms with van der Waals surface area (Å²) in [5, 5.41) is 12.0. The second-order valence-corrected chi connectivity index (χ2v) is 6.45. The van der Waals surface area contributed by atoms with Crippen molar-refractivity contribution in [1.29, 1.82) is 0 Å². The van der Waals surface area contributed by atoms with Crippen LogP contribution in [0.15, 0.2) is 42.9 Å². The van der Waals surface area contributed by atoms with Gasteiger partial charge in [0.05, 0.1) is 12.6 Å². The molecular weight excluding hydrogens is 354 g/mol. The van der Waals surface area contributed by atoms with Crippen LogP contribution in [-0.4, -0.2) is 38.9 Å². The summed E-state index contributed by atoms with van der Waals surface area (Å²) < 4.78 is 7.35. The SMILES string of the molecule is CNc1cc(C)nc(Nc2ccc(OC)c(-n3cc4cncc(C)c4n3)c2)n1. The predicted molar refractivity (Wildman–Crippen MR) is 110 cm³/mol. The number of methoxy groups -OCH3 is 1. The van der Waals surface area contributed by atoms with Crippen molar-refractivity contribution in [1.82, 2.24) is 24.7 Å². The van der Waals surface area contributed by atoms with E-state index in [4.69, 9.17) is 9.84 Å². The summed E-state index contributed by atoms with van der Waals surface area (Å²) in [5.41, 5.74) is 4.45. The van der Waals surface area contributed by atoms with E-state index in [9.17, 15) is 0 Å². The molecule has 1 aromatic carbocycles. The van der Waals surface area contributed by atoms with Gasteiger partial charge in [0.25, 0.3) is 0 Å². The van der Waals surface area contributed by atoms with Gasteiger partial charge >= 0.3 is 0 Å². The summed E-state index contributed by atoms with van der Waals surface area (Å²) in [6.07, 6.45) is 5.56. The lowest BCUT2D eigenvalue weighted by molar-refractivity contribution is 0.412. The molecule has 0 bridgehead atoms. The van der Waals surface area contributed by atoms with Crippen molar-refractivity contribution >= 4 is 28.4 Å². The Morgan fingerprint density at radius 1 is 1.07 bits per heavy atom. The van der Waals surface area contributed by atoms with Gasteiger partial charge in [-0.05, 0) is 37.6 Å². The van der Waals surface area contributed by atoms with Gasteiger partial charge in [-0.15, -0.1) is 0 Å². The second-order valence-electron chi connectivity index (χ2n) is 6.45. The summed E-state index contributed by atoms with van der Waals surface area (Å²) >= 11 is 0. The molecule has 4 rings (SSSR count). The van der Waals surface area contributed by atoms with E-state index in [0.29, 0.717) is 11.7 Å². The molecule has 8 nitrogen and oxygen atoms in total. The van der Waals surface area contributed by atoms with E-state index in [1.165, 1.54) is 0 Å². The molecule has 0 aliphatic heterocycles. The van der Waals surface area contributed by atoms with Crippen LogP contribution in [0.1, 0.15) is 11.3 Å². The largest absolute Gasteiger partial charge is 0.494 e. The van der Waals surface area contributed by atoms with Crippen LogP contribution >= 0.6 is 0 Å². The van der Waals surface area contributed by atoms with Gasteiger partial charge in [-0.2, -0.15) is 10.1 Å². The average Bonchev–Trinajstić information content (AvgIpc) is 3.13. The van der Waals surface area contributed by atoms with Crippen molar-refractivity contribution in [3.8, 4) is 11.4 Å². The van der Waals surface area contributed by atoms with Crippen molar-refractivity contribution in [2.45, 2.75) is 13.8 Å². The number of aromatic nitrogens is 5. The molecule has 3 aromatic heterocycles. The van der Waals surface area contributed by atoms with Crippen molar-refractivity contribution in [3.05, 3.63) is 54.1 Å². The normalized spacial score (nSPS) is 10.9. The van der Waals surface area contributed by atoms with E-state index < -0.39 is 0 Å². The van der Waals surface area contributed by atoms with Crippen LogP contribution < -0.4 is 15.4 Å². The average molecular weight is 375 g/mol. The summed E-state index contributed by atoms with van der Waals surface area (Å²) in [5.74, 6) is 1.99. The van der Waals surface area contributed by atoms with E-state index in [1.807, 2.05) is 57.6 Å². The van der Waals surface area contributed by atoms with Crippen molar-refractivity contribution in [2.75, 3.05) is 24.8 Å². The van der Waals surface area contributed by atoms with E-state index in [2.05, 4.69) is 25.6 Å². The fourth-order valence-electron chi connectivity index (χ4n) is 3.03. The summed E-state index contributed by atoms with van der Waals surface area (Å²) in [7, 11) is 3.47. The lowest BCUT2D eigenvalue weighted by Gasteiger charge is -2.12. The molecule has 0 fully saturated rings. The topological polar surface area (TPSA) is 89.8 Å². The quantitative estimate of drug-likeness (QED) is 0.550. The highest BCUT2D eigenvalue weighted by atomic mass is 16.5. The number of hydrogen-bond acceptors (Lipinski definition) is 7. The Hall–Kier alpha value is -3.68. The monoisotopic (exact) mass is 375 g/mol. The van der Waals surface area contributed by atoms with Crippen LogP contribution in [0.4, 0.5) is 17.5 Å². The Labute approximate surface area is 162 Å². The van der Waals surface area contributed by atoms with Crippen molar-refractivity contribution < 1.29 is 4.74 Å². The number of pyridine rings is 1. The summed E-state index contributed by atoms with van der Waals surface area (Å²) in [4.78, 5) is 13.1.